The average Bonchev–Trinajstić information content (AvgIpc) is 4.11. The van der Waals surface area contributed by atoms with Crippen LogP contribution >= 0.6 is 11.3 Å². The molecule has 15 nitrogen and oxygen atoms in total. The Morgan fingerprint density at radius 2 is 1.68 bits per heavy atom. The molecule has 6 aromatic rings. The number of aryl methyl sites for hydroxylation is 1. The predicted octanol–water partition coefficient (Wildman–Crippen LogP) is 8.18. The van der Waals surface area contributed by atoms with Crippen molar-refractivity contribution in [2.75, 3.05) is 80.1 Å². The number of aromatic carboxylic acids is 1. The standard InChI is InChI=1S/C57H65N9O6S/c1-62-48-32-41(15-18-44(48)53(63(62)2)45-19-21-51(67)60-55(45)69)65-28-24-38(34-65)33-64-26-22-37(23-27-64)31-36-12-16-42(17-13-36)72-30-6-8-40-14-20-50(59-52(40)56(70)71)66-29-25-39-7-5-9-43(46(39)35-66)54(68)61-57-58-47-10-3-4-11-49(47)73-57/h3-5,7,9-18,20,32,37-38,45,53,55,69H,6,8,19,21-31,33-35H2,1-2H3,(H,60,67)(H,70,71)(H,58,61,68)/t38-,45?,53?,55?/m0/s1. The lowest BCUT2D eigenvalue weighted by Gasteiger charge is -2.37. The van der Waals surface area contributed by atoms with Gasteiger partial charge in [0.05, 0.1) is 28.6 Å². The van der Waals surface area contributed by atoms with Crippen LogP contribution in [-0.4, -0.2) is 114 Å². The van der Waals surface area contributed by atoms with Crippen molar-refractivity contribution in [2.24, 2.45) is 17.8 Å². The molecule has 4 atom stereocenters. The molecule has 3 unspecified atom stereocenters. The molecule has 2 aromatic heterocycles. The summed E-state index contributed by atoms with van der Waals surface area (Å²) in [7, 11) is 4.16. The van der Waals surface area contributed by atoms with E-state index in [-0.39, 0.29) is 29.5 Å². The number of thiazole rings is 1. The molecular formula is C57H65N9O6S. The molecule has 380 valence electrons. The molecule has 3 fully saturated rings. The second-order valence-electron chi connectivity index (χ2n) is 20.7. The van der Waals surface area contributed by atoms with Crippen molar-refractivity contribution < 1.29 is 29.3 Å². The van der Waals surface area contributed by atoms with Crippen molar-refractivity contribution in [1.29, 1.82) is 0 Å². The molecule has 0 spiro atoms. The molecule has 0 aliphatic carbocycles. The first-order valence-electron chi connectivity index (χ1n) is 26.0. The number of hydrogen-bond donors (Lipinski definition) is 4. The zero-order valence-electron chi connectivity index (χ0n) is 41.7. The van der Waals surface area contributed by atoms with Gasteiger partial charge in [0.2, 0.25) is 5.91 Å². The summed E-state index contributed by atoms with van der Waals surface area (Å²) in [4.78, 5) is 54.5. The molecule has 4 aromatic carbocycles. The van der Waals surface area contributed by atoms with Crippen molar-refractivity contribution in [1.82, 2.24) is 25.2 Å². The van der Waals surface area contributed by atoms with Gasteiger partial charge in [-0.15, -0.1) is 0 Å². The number of aliphatic hydroxyl groups is 1. The molecule has 11 rings (SSSR count). The molecule has 7 heterocycles. The number of pyridine rings is 1. The van der Waals surface area contributed by atoms with E-state index in [9.17, 15) is 24.6 Å². The van der Waals surface area contributed by atoms with Crippen molar-refractivity contribution in [2.45, 2.75) is 76.6 Å². The maximum atomic E-state index is 13.6. The van der Waals surface area contributed by atoms with E-state index in [1.165, 1.54) is 53.1 Å². The highest BCUT2D eigenvalue weighted by Crippen LogP contribution is 2.47. The summed E-state index contributed by atoms with van der Waals surface area (Å²) >= 11 is 1.44. The van der Waals surface area contributed by atoms with Crippen LogP contribution in [0, 0.1) is 17.8 Å². The lowest BCUT2D eigenvalue weighted by atomic mass is 9.85. The van der Waals surface area contributed by atoms with Crippen LogP contribution in [0.15, 0.2) is 97.1 Å². The van der Waals surface area contributed by atoms with E-state index in [1.807, 2.05) is 54.6 Å². The summed E-state index contributed by atoms with van der Waals surface area (Å²) in [6.45, 7) is 7.08. The number of carboxylic acid groups (broad SMARTS) is 1. The van der Waals surface area contributed by atoms with Gasteiger partial charge < -0.3 is 40.0 Å². The second kappa shape index (κ2) is 21.1. The number of fused-ring (bicyclic) bond motifs is 3. The van der Waals surface area contributed by atoms with Crippen molar-refractivity contribution in [3.8, 4) is 5.75 Å². The molecule has 4 N–H and O–H groups in total. The van der Waals surface area contributed by atoms with Gasteiger partial charge in [0.25, 0.3) is 5.91 Å². The third kappa shape index (κ3) is 10.5. The van der Waals surface area contributed by atoms with Gasteiger partial charge in [-0.25, -0.2) is 19.8 Å². The summed E-state index contributed by atoms with van der Waals surface area (Å²) in [6.07, 6.45) is 6.81. The maximum Gasteiger partial charge on any atom is 0.354 e. The highest BCUT2D eigenvalue weighted by Gasteiger charge is 2.43. The minimum atomic E-state index is -1.06. The molecule has 0 radical (unpaired) electrons. The van der Waals surface area contributed by atoms with Crippen LogP contribution in [0.4, 0.5) is 22.3 Å². The van der Waals surface area contributed by atoms with Gasteiger partial charge in [0.15, 0.2) is 10.8 Å². The smallest absolute Gasteiger partial charge is 0.354 e. The van der Waals surface area contributed by atoms with E-state index in [1.54, 1.807) is 0 Å². The Balaban J connectivity index is 0.615. The Morgan fingerprint density at radius 1 is 0.863 bits per heavy atom. The highest BCUT2D eigenvalue weighted by atomic mass is 32.1. The zero-order valence-corrected chi connectivity index (χ0v) is 42.5. The van der Waals surface area contributed by atoms with Crippen LogP contribution in [0.1, 0.15) is 93.2 Å². The number of piperidine rings is 2. The summed E-state index contributed by atoms with van der Waals surface area (Å²) in [5.41, 5.74) is 9.12. The molecule has 0 bridgehead atoms. The number of ether oxygens (including phenoxy) is 1. The van der Waals surface area contributed by atoms with Gasteiger partial charge in [0, 0.05) is 70.4 Å². The van der Waals surface area contributed by atoms with E-state index < -0.39 is 12.2 Å². The van der Waals surface area contributed by atoms with Crippen molar-refractivity contribution >= 4 is 61.7 Å². The van der Waals surface area contributed by atoms with Crippen LogP contribution in [0.3, 0.4) is 0 Å². The monoisotopic (exact) mass is 1000 g/mol. The number of hydrazine groups is 1. The van der Waals surface area contributed by atoms with Gasteiger partial charge in [-0.05, 0) is 153 Å². The molecule has 3 saturated heterocycles. The second-order valence-corrected chi connectivity index (χ2v) is 21.7. The fraction of sp³-hybridized carbons (Fsp3) is 0.421. The summed E-state index contributed by atoms with van der Waals surface area (Å²) in [5.74, 6) is 1.28. The fourth-order valence-corrected chi connectivity index (χ4v) is 12.9. The third-order valence-corrected chi connectivity index (χ3v) is 17.0. The SMILES string of the molecule is CN1c2cc(N3CC[C@@H](CN4CCC(Cc5ccc(OCCCc6ccc(N7CCc8cccc(C(=O)Nc9nc%10ccccc%10s9)c8C7)nc6C(=O)O)cc5)CC4)C3)ccc2C(C2CCC(=O)NC2O)N1C. The van der Waals surface area contributed by atoms with Crippen LogP contribution in [-0.2, 0) is 30.6 Å². The van der Waals surface area contributed by atoms with Gasteiger partial charge in [-0.2, -0.15) is 0 Å². The van der Waals surface area contributed by atoms with E-state index in [4.69, 9.17) is 4.74 Å². The molecule has 2 amide bonds. The number of carbonyl (C=O) groups excluding carboxylic acids is 2. The molecule has 16 heteroatoms. The van der Waals surface area contributed by atoms with Crippen LogP contribution in [0.2, 0.25) is 0 Å². The first kappa shape index (κ1) is 48.7. The number of nitrogens with zero attached hydrogens (tertiary/aromatic N) is 7. The first-order valence-corrected chi connectivity index (χ1v) is 26.9. The number of rotatable bonds is 15. The summed E-state index contributed by atoms with van der Waals surface area (Å²) in [6, 6.07) is 32.7. The number of nitrogens with one attached hydrogen (secondary N) is 2. The Morgan fingerprint density at radius 3 is 2.49 bits per heavy atom. The predicted molar refractivity (Wildman–Crippen MR) is 286 cm³/mol. The number of para-hydroxylation sites is 1. The van der Waals surface area contributed by atoms with E-state index in [2.05, 4.69) is 102 Å². The number of benzene rings is 4. The van der Waals surface area contributed by atoms with Crippen molar-refractivity contribution in [3.05, 3.63) is 136 Å². The summed E-state index contributed by atoms with van der Waals surface area (Å²) in [5, 5.41) is 31.7. The van der Waals surface area contributed by atoms with E-state index in [0.717, 1.165) is 66.2 Å². The molecule has 73 heavy (non-hydrogen) atoms. The molecule has 5 aliphatic rings. The number of hydrogen-bond acceptors (Lipinski definition) is 13. The van der Waals surface area contributed by atoms with Gasteiger partial charge >= 0.3 is 5.97 Å². The van der Waals surface area contributed by atoms with Gasteiger partial charge in [-0.3, -0.25) is 14.9 Å². The third-order valence-electron chi connectivity index (χ3n) is 16.1. The Kier molecular flexibility index (Phi) is 14.1. The fourth-order valence-electron chi connectivity index (χ4n) is 12.0. The van der Waals surface area contributed by atoms with Gasteiger partial charge in [-0.1, -0.05) is 59.9 Å². The largest absolute Gasteiger partial charge is 0.494 e. The average molecular weight is 1000 g/mol. The molecule has 5 aliphatic heterocycles. The Labute approximate surface area is 430 Å². The van der Waals surface area contributed by atoms with Gasteiger partial charge in [0.1, 0.15) is 17.8 Å². The highest BCUT2D eigenvalue weighted by molar-refractivity contribution is 7.22. The van der Waals surface area contributed by atoms with E-state index in [0.29, 0.717) is 85.7 Å². The number of amides is 2. The topological polar surface area (TPSA) is 167 Å². The molecular weight excluding hydrogens is 939 g/mol. The maximum absolute atomic E-state index is 13.6. The minimum absolute atomic E-state index is 0.0206. The lowest BCUT2D eigenvalue weighted by Crippen LogP contribution is -2.49. The first-order chi connectivity index (χ1) is 35.5. The normalized spacial score (nSPS) is 21.6. The quantitative estimate of drug-likeness (QED) is 0.0729. The van der Waals surface area contributed by atoms with Crippen LogP contribution in [0.25, 0.3) is 10.2 Å². The Hall–Kier alpha value is -6.59. The van der Waals surface area contributed by atoms with Crippen LogP contribution in [0.5, 0.6) is 5.75 Å². The molecule has 0 saturated carbocycles. The number of carbonyl (C=O) groups is 3. The van der Waals surface area contributed by atoms with Crippen molar-refractivity contribution in [3.63, 3.8) is 0 Å². The number of aliphatic hydroxyl groups excluding tert-OH is 1. The lowest BCUT2D eigenvalue weighted by molar-refractivity contribution is -0.130. The Bertz CT molecular complexity index is 2960. The summed E-state index contributed by atoms with van der Waals surface area (Å²) < 4.78 is 7.14. The zero-order chi connectivity index (χ0) is 50.2. The number of aromatic nitrogens is 2. The van der Waals surface area contributed by atoms with Crippen LogP contribution < -0.4 is 30.2 Å². The minimum Gasteiger partial charge on any atom is -0.494 e. The van der Waals surface area contributed by atoms with E-state index >= 15 is 0 Å². The number of carboxylic acids is 1. The number of likely N-dealkylation sites (tertiary alicyclic amines) is 1. The number of anilines is 4.